The summed E-state index contributed by atoms with van der Waals surface area (Å²) in [5, 5.41) is 3.27. The predicted molar refractivity (Wildman–Crippen MR) is 73.2 cm³/mol. The van der Waals surface area contributed by atoms with Gasteiger partial charge in [0.2, 0.25) is 0 Å². The van der Waals surface area contributed by atoms with Crippen LogP contribution in [0.5, 0.6) is 0 Å². The standard InChI is InChI=1S/C14H18F3NS/c1-18-13-11(8-9-19-14(15,16)17)7-6-10-4-2-3-5-12(10)13/h2-5,11,13,18H,6-9H2,1H3. The van der Waals surface area contributed by atoms with Crippen molar-refractivity contribution >= 4 is 11.8 Å². The fourth-order valence-corrected chi connectivity index (χ4v) is 3.51. The van der Waals surface area contributed by atoms with E-state index in [0.717, 1.165) is 12.8 Å². The van der Waals surface area contributed by atoms with Crippen LogP contribution in [0.3, 0.4) is 0 Å². The smallest absolute Gasteiger partial charge is 0.313 e. The largest absolute Gasteiger partial charge is 0.441 e. The van der Waals surface area contributed by atoms with Crippen LogP contribution < -0.4 is 5.32 Å². The first-order valence-electron chi connectivity index (χ1n) is 6.47. The first kappa shape index (κ1) is 14.7. The van der Waals surface area contributed by atoms with Crippen LogP contribution in [0.15, 0.2) is 24.3 Å². The molecule has 19 heavy (non-hydrogen) atoms. The van der Waals surface area contributed by atoms with Gasteiger partial charge in [-0.05, 0) is 43.4 Å². The van der Waals surface area contributed by atoms with Gasteiger partial charge in [0.05, 0.1) is 0 Å². The minimum absolute atomic E-state index is 0.0933. The number of thioether (sulfide) groups is 1. The zero-order chi connectivity index (χ0) is 13.9. The van der Waals surface area contributed by atoms with Gasteiger partial charge in [0.25, 0.3) is 0 Å². The van der Waals surface area contributed by atoms with Gasteiger partial charge in [0, 0.05) is 11.8 Å². The van der Waals surface area contributed by atoms with Crippen molar-refractivity contribution in [2.45, 2.75) is 30.8 Å². The van der Waals surface area contributed by atoms with E-state index < -0.39 is 5.51 Å². The Bertz CT molecular complexity index is 419. The van der Waals surface area contributed by atoms with E-state index in [2.05, 4.69) is 17.4 Å². The molecule has 0 saturated heterocycles. The van der Waals surface area contributed by atoms with Gasteiger partial charge in [-0.1, -0.05) is 36.0 Å². The number of fused-ring (bicyclic) bond motifs is 1. The third kappa shape index (κ3) is 3.89. The lowest BCUT2D eigenvalue weighted by molar-refractivity contribution is -0.0328. The molecule has 0 aliphatic heterocycles. The Morgan fingerprint density at radius 3 is 2.74 bits per heavy atom. The number of rotatable bonds is 4. The van der Waals surface area contributed by atoms with E-state index in [4.69, 9.17) is 0 Å². The molecule has 106 valence electrons. The molecule has 1 nitrogen and oxygen atoms in total. The van der Waals surface area contributed by atoms with Crippen LogP contribution in [-0.4, -0.2) is 18.3 Å². The average molecular weight is 289 g/mol. The van der Waals surface area contributed by atoms with Gasteiger partial charge in [-0.3, -0.25) is 0 Å². The van der Waals surface area contributed by atoms with Crippen molar-refractivity contribution in [1.82, 2.24) is 5.32 Å². The second kappa shape index (κ2) is 6.18. The zero-order valence-electron chi connectivity index (χ0n) is 10.8. The summed E-state index contributed by atoms with van der Waals surface area (Å²) in [4.78, 5) is 0. The van der Waals surface area contributed by atoms with E-state index in [1.165, 1.54) is 11.1 Å². The molecule has 0 amide bonds. The Kier molecular flexibility index (Phi) is 4.79. The Labute approximate surface area is 116 Å². The highest BCUT2D eigenvalue weighted by molar-refractivity contribution is 8.00. The summed E-state index contributed by atoms with van der Waals surface area (Å²) < 4.78 is 36.5. The van der Waals surface area contributed by atoms with Gasteiger partial charge < -0.3 is 5.32 Å². The highest BCUT2D eigenvalue weighted by Gasteiger charge is 2.31. The molecule has 0 radical (unpaired) electrons. The molecule has 0 aromatic heterocycles. The Morgan fingerprint density at radius 2 is 2.05 bits per heavy atom. The van der Waals surface area contributed by atoms with Crippen LogP contribution in [0.25, 0.3) is 0 Å². The van der Waals surface area contributed by atoms with Gasteiger partial charge in [-0.15, -0.1) is 0 Å². The molecule has 2 rings (SSSR count). The topological polar surface area (TPSA) is 12.0 Å². The molecule has 0 bridgehead atoms. The molecule has 0 spiro atoms. The van der Waals surface area contributed by atoms with Gasteiger partial charge in [0.15, 0.2) is 0 Å². The van der Waals surface area contributed by atoms with Crippen molar-refractivity contribution in [3.05, 3.63) is 35.4 Å². The van der Waals surface area contributed by atoms with Crippen molar-refractivity contribution < 1.29 is 13.2 Å². The van der Waals surface area contributed by atoms with Crippen molar-refractivity contribution in [2.75, 3.05) is 12.8 Å². The Hall–Kier alpha value is -0.680. The van der Waals surface area contributed by atoms with Gasteiger partial charge in [0.1, 0.15) is 0 Å². The first-order chi connectivity index (χ1) is 9.01. The average Bonchev–Trinajstić information content (AvgIpc) is 2.37. The highest BCUT2D eigenvalue weighted by Crippen LogP contribution is 2.38. The van der Waals surface area contributed by atoms with Crippen LogP contribution in [-0.2, 0) is 6.42 Å². The number of hydrogen-bond donors (Lipinski definition) is 1. The number of aryl methyl sites for hydroxylation is 1. The molecule has 1 aliphatic carbocycles. The lowest BCUT2D eigenvalue weighted by atomic mass is 9.78. The quantitative estimate of drug-likeness (QED) is 0.893. The van der Waals surface area contributed by atoms with Crippen molar-refractivity contribution in [1.29, 1.82) is 0 Å². The van der Waals surface area contributed by atoms with E-state index in [-0.39, 0.29) is 29.5 Å². The maximum Gasteiger partial charge on any atom is 0.441 e. The molecule has 1 aromatic carbocycles. The molecule has 1 N–H and O–H groups in total. The lowest BCUT2D eigenvalue weighted by Gasteiger charge is -2.33. The molecule has 5 heteroatoms. The molecular formula is C14H18F3NS. The summed E-state index contributed by atoms with van der Waals surface area (Å²) in [5.74, 6) is 0.434. The molecule has 1 aliphatic rings. The second-order valence-corrected chi connectivity index (χ2v) is 6.01. The molecule has 1 aromatic rings. The van der Waals surface area contributed by atoms with Crippen LogP contribution in [0.2, 0.25) is 0 Å². The zero-order valence-corrected chi connectivity index (χ0v) is 11.7. The minimum Gasteiger partial charge on any atom is -0.313 e. The monoisotopic (exact) mass is 289 g/mol. The summed E-state index contributed by atoms with van der Waals surface area (Å²) in [5.41, 5.74) is -1.54. The fraction of sp³-hybridized carbons (Fsp3) is 0.571. The van der Waals surface area contributed by atoms with Crippen LogP contribution in [0.1, 0.15) is 30.0 Å². The van der Waals surface area contributed by atoms with E-state index in [0.29, 0.717) is 6.42 Å². The van der Waals surface area contributed by atoms with Crippen molar-refractivity contribution in [3.8, 4) is 0 Å². The lowest BCUT2D eigenvalue weighted by Crippen LogP contribution is -2.30. The van der Waals surface area contributed by atoms with Crippen LogP contribution in [0, 0.1) is 5.92 Å². The number of hydrogen-bond acceptors (Lipinski definition) is 2. The van der Waals surface area contributed by atoms with Crippen LogP contribution >= 0.6 is 11.8 Å². The molecule has 0 fully saturated rings. The Morgan fingerprint density at radius 1 is 1.32 bits per heavy atom. The number of alkyl halides is 3. The van der Waals surface area contributed by atoms with Gasteiger partial charge >= 0.3 is 5.51 Å². The maximum atomic E-state index is 12.2. The summed E-state index contributed by atoms with van der Waals surface area (Å²) in [6.45, 7) is 0. The van der Waals surface area contributed by atoms with E-state index in [9.17, 15) is 13.2 Å². The van der Waals surface area contributed by atoms with E-state index in [1.54, 1.807) is 0 Å². The van der Waals surface area contributed by atoms with E-state index in [1.807, 2.05) is 19.2 Å². The number of nitrogens with one attached hydrogen (secondary N) is 1. The molecule has 2 unspecified atom stereocenters. The van der Waals surface area contributed by atoms with Crippen molar-refractivity contribution in [2.24, 2.45) is 5.92 Å². The third-order valence-corrected chi connectivity index (χ3v) is 4.48. The van der Waals surface area contributed by atoms with Crippen LogP contribution in [0.4, 0.5) is 13.2 Å². The summed E-state index contributed by atoms with van der Waals surface area (Å²) >= 11 is 0.0933. The molecule has 0 saturated carbocycles. The SMILES string of the molecule is CNC1c2ccccc2CCC1CCSC(F)(F)F. The molecule has 2 atom stereocenters. The Balaban J connectivity index is 2.00. The van der Waals surface area contributed by atoms with E-state index >= 15 is 0 Å². The van der Waals surface area contributed by atoms with Crippen molar-refractivity contribution in [3.63, 3.8) is 0 Å². The second-order valence-electron chi connectivity index (χ2n) is 4.85. The maximum absolute atomic E-state index is 12.2. The normalized spacial score (nSPS) is 23.2. The minimum atomic E-state index is -4.11. The summed E-state index contributed by atoms with van der Waals surface area (Å²) in [6, 6.07) is 8.39. The molecule has 0 heterocycles. The van der Waals surface area contributed by atoms with Gasteiger partial charge in [-0.25, -0.2) is 0 Å². The fourth-order valence-electron chi connectivity index (χ4n) is 2.86. The number of benzene rings is 1. The summed E-state index contributed by atoms with van der Waals surface area (Å²) in [7, 11) is 1.89. The third-order valence-electron chi connectivity index (χ3n) is 3.71. The summed E-state index contributed by atoms with van der Waals surface area (Å²) in [6.07, 6.45) is 2.53. The first-order valence-corrected chi connectivity index (χ1v) is 7.45. The number of halogens is 3. The highest BCUT2D eigenvalue weighted by atomic mass is 32.2. The molecular weight excluding hydrogens is 271 g/mol. The predicted octanol–water partition coefficient (Wildman–Crippen LogP) is 4.15. The van der Waals surface area contributed by atoms with Gasteiger partial charge in [-0.2, -0.15) is 13.2 Å².